The van der Waals surface area contributed by atoms with Gasteiger partial charge in [0.25, 0.3) is 0 Å². The molecule has 1 aliphatic rings. The van der Waals surface area contributed by atoms with Gasteiger partial charge >= 0.3 is 0 Å². The van der Waals surface area contributed by atoms with Gasteiger partial charge in [-0.1, -0.05) is 6.07 Å². The standard InChI is InChI=1S/C14H18N6/c1-19(12-5-6-12)14(15)17-10-11-4-2-7-16-13(11)20-9-3-8-18-20/h2-4,7-9,12H,5-6,10H2,1H3,(H2,15,17). The van der Waals surface area contributed by atoms with Gasteiger partial charge in [0.1, 0.15) is 0 Å². The lowest BCUT2D eigenvalue weighted by atomic mass is 10.2. The minimum Gasteiger partial charge on any atom is -0.370 e. The van der Waals surface area contributed by atoms with Crippen LogP contribution in [0.3, 0.4) is 0 Å². The van der Waals surface area contributed by atoms with E-state index in [1.54, 1.807) is 17.1 Å². The van der Waals surface area contributed by atoms with Gasteiger partial charge in [-0.15, -0.1) is 0 Å². The summed E-state index contributed by atoms with van der Waals surface area (Å²) in [6.07, 6.45) is 7.77. The molecule has 0 saturated heterocycles. The first-order valence-electron chi connectivity index (χ1n) is 6.72. The third-order valence-electron chi connectivity index (χ3n) is 3.46. The predicted molar refractivity (Wildman–Crippen MR) is 77.5 cm³/mol. The summed E-state index contributed by atoms with van der Waals surface area (Å²) in [6, 6.07) is 6.34. The fourth-order valence-electron chi connectivity index (χ4n) is 2.08. The second-order valence-electron chi connectivity index (χ2n) is 4.95. The van der Waals surface area contributed by atoms with Crippen LogP contribution in [0.5, 0.6) is 0 Å². The topological polar surface area (TPSA) is 72.3 Å². The van der Waals surface area contributed by atoms with Crippen LogP contribution in [0, 0.1) is 0 Å². The van der Waals surface area contributed by atoms with Crippen molar-refractivity contribution in [2.45, 2.75) is 25.4 Å². The van der Waals surface area contributed by atoms with Crippen molar-refractivity contribution in [1.82, 2.24) is 19.7 Å². The number of hydrogen-bond donors (Lipinski definition) is 1. The molecule has 1 saturated carbocycles. The van der Waals surface area contributed by atoms with E-state index in [2.05, 4.69) is 15.1 Å². The van der Waals surface area contributed by atoms with Gasteiger partial charge in [0.2, 0.25) is 0 Å². The van der Waals surface area contributed by atoms with Crippen molar-refractivity contribution in [2.75, 3.05) is 7.05 Å². The highest BCUT2D eigenvalue weighted by atomic mass is 15.3. The first kappa shape index (κ1) is 12.7. The number of hydrogen-bond acceptors (Lipinski definition) is 3. The number of pyridine rings is 1. The Morgan fingerprint density at radius 3 is 3.00 bits per heavy atom. The van der Waals surface area contributed by atoms with Gasteiger partial charge in [0, 0.05) is 37.2 Å². The monoisotopic (exact) mass is 270 g/mol. The smallest absolute Gasteiger partial charge is 0.191 e. The number of nitrogens with zero attached hydrogens (tertiary/aromatic N) is 5. The SMILES string of the molecule is CN(C(N)=NCc1cccnc1-n1cccn1)C1CC1. The molecule has 6 nitrogen and oxygen atoms in total. The summed E-state index contributed by atoms with van der Waals surface area (Å²) in [5, 5.41) is 4.21. The van der Waals surface area contributed by atoms with E-state index in [1.165, 1.54) is 12.8 Å². The lowest BCUT2D eigenvalue weighted by Crippen LogP contribution is -2.35. The highest BCUT2D eigenvalue weighted by Gasteiger charge is 2.27. The Hall–Kier alpha value is -2.37. The number of nitrogens with two attached hydrogens (primary N) is 1. The fraction of sp³-hybridized carbons (Fsp3) is 0.357. The van der Waals surface area contributed by atoms with Crippen molar-refractivity contribution < 1.29 is 0 Å². The molecule has 20 heavy (non-hydrogen) atoms. The largest absolute Gasteiger partial charge is 0.370 e. The lowest BCUT2D eigenvalue weighted by Gasteiger charge is -2.17. The normalized spacial score (nSPS) is 15.3. The van der Waals surface area contributed by atoms with Crippen molar-refractivity contribution in [3.05, 3.63) is 42.4 Å². The number of guanidine groups is 1. The summed E-state index contributed by atoms with van der Waals surface area (Å²) in [4.78, 5) is 10.9. The van der Waals surface area contributed by atoms with Crippen molar-refractivity contribution in [2.24, 2.45) is 10.7 Å². The Bertz CT molecular complexity index is 600. The van der Waals surface area contributed by atoms with Crippen molar-refractivity contribution in [3.8, 4) is 5.82 Å². The summed E-state index contributed by atoms with van der Waals surface area (Å²) >= 11 is 0. The molecule has 0 unspecified atom stereocenters. The Kier molecular flexibility index (Phi) is 3.37. The van der Waals surface area contributed by atoms with Gasteiger partial charge in [-0.2, -0.15) is 5.10 Å². The van der Waals surface area contributed by atoms with Crippen LogP contribution in [-0.2, 0) is 6.54 Å². The van der Waals surface area contributed by atoms with Crippen LogP contribution in [0.2, 0.25) is 0 Å². The molecule has 2 aromatic rings. The maximum atomic E-state index is 6.01. The van der Waals surface area contributed by atoms with Crippen LogP contribution in [0.1, 0.15) is 18.4 Å². The van der Waals surface area contributed by atoms with Crippen LogP contribution in [0.15, 0.2) is 41.8 Å². The minimum absolute atomic E-state index is 0.506. The second kappa shape index (κ2) is 5.32. The average Bonchev–Trinajstić information content (AvgIpc) is 3.19. The number of aromatic nitrogens is 3. The summed E-state index contributed by atoms with van der Waals surface area (Å²) in [7, 11) is 1.99. The molecule has 0 aliphatic heterocycles. The summed E-state index contributed by atoms with van der Waals surface area (Å²) < 4.78 is 1.74. The van der Waals surface area contributed by atoms with Gasteiger partial charge < -0.3 is 10.6 Å². The summed E-state index contributed by atoms with van der Waals surface area (Å²) in [5.74, 6) is 1.38. The van der Waals surface area contributed by atoms with E-state index in [0.29, 0.717) is 18.5 Å². The molecular weight excluding hydrogens is 252 g/mol. The first-order chi connectivity index (χ1) is 9.75. The van der Waals surface area contributed by atoms with Crippen molar-refractivity contribution in [3.63, 3.8) is 0 Å². The Morgan fingerprint density at radius 1 is 1.45 bits per heavy atom. The molecule has 0 radical (unpaired) electrons. The number of aliphatic imine (C=N–C) groups is 1. The highest BCUT2D eigenvalue weighted by molar-refractivity contribution is 5.78. The maximum absolute atomic E-state index is 6.01. The molecule has 1 fully saturated rings. The van der Waals surface area contributed by atoms with Gasteiger partial charge in [-0.05, 0) is 25.0 Å². The zero-order chi connectivity index (χ0) is 13.9. The van der Waals surface area contributed by atoms with Crippen molar-refractivity contribution >= 4 is 5.96 Å². The van der Waals surface area contributed by atoms with E-state index < -0.39 is 0 Å². The summed E-state index contributed by atoms with van der Waals surface area (Å²) in [5.41, 5.74) is 7.01. The van der Waals surface area contributed by atoms with Gasteiger partial charge in [0.05, 0.1) is 6.54 Å². The highest BCUT2D eigenvalue weighted by Crippen LogP contribution is 2.25. The van der Waals surface area contributed by atoms with Crippen LogP contribution in [-0.4, -0.2) is 38.7 Å². The van der Waals surface area contributed by atoms with E-state index >= 15 is 0 Å². The Morgan fingerprint density at radius 2 is 2.30 bits per heavy atom. The molecule has 2 N–H and O–H groups in total. The van der Waals surface area contributed by atoms with Crippen LogP contribution in [0.25, 0.3) is 5.82 Å². The molecular formula is C14H18N6. The van der Waals surface area contributed by atoms with E-state index in [9.17, 15) is 0 Å². The molecule has 6 heteroatoms. The van der Waals surface area contributed by atoms with Gasteiger partial charge in [0.15, 0.2) is 11.8 Å². The van der Waals surface area contributed by atoms with Crippen molar-refractivity contribution in [1.29, 1.82) is 0 Å². The second-order valence-corrected chi connectivity index (χ2v) is 4.95. The molecule has 0 atom stereocenters. The third-order valence-corrected chi connectivity index (χ3v) is 3.46. The van der Waals surface area contributed by atoms with Crippen LogP contribution >= 0.6 is 0 Å². The molecule has 0 bridgehead atoms. The zero-order valence-electron chi connectivity index (χ0n) is 11.5. The molecule has 0 spiro atoms. The average molecular weight is 270 g/mol. The summed E-state index contributed by atoms with van der Waals surface area (Å²) in [6.45, 7) is 0.506. The molecule has 1 aliphatic carbocycles. The van der Waals surface area contributed by atoms with Gasteiger partial charge in [-0.3, -0.25) is 0 Å². The Balaban J connectivity index is 1.79. The molecule has 0 amide bonds. The molecule has 2 aromatic heterocycles. The molecule has 0 aromatic carbocycles. The quantitative estimate of drug-likeness (QED) is 0.669. The van der Waals surface area contributed by atoms with Crippen LogP contribution in [0.4, 0.5) is 0 Å². The van der Waals surface area contributed by atoms with E-state index in [1.807, 2.05) is 36.3 Å². The molecule has 3 rings (SSSR count). The lowest BCUT2D eigenvalue weighted by molar-refractivity contribution is 0.487. The zero-order valence-corrected chi connectivity index (χ0v) is 11.5. The molecule has 104 valence electrons. The van der Waals surface area contributed by atoms with Gasteiger partial charge in [-0.25, -0.2) is 14.7 Å². The fourth-order valence-corrected chi connectivity index (χ4v) is 2.08. The minimum atomic E-state index is 0.506. The maximum Gasteiger partial charge on any atom is 0.191 e. The van der Waals surface area contributed by atoms with E-state index in [-0.39, 0.29) is 0 Å². The van der Waals surface area contributed by atoms with Crippen LogP contribution < -0.4 is 5.73 Å². The number of rotatable bonds is 4. The van der Waals surface area contributed by atoms with E-state index in [4.69, 9.17) is 5.73 Å². The first-order valence-corrected chi connectivity index (χ1v) is 6.72. The Labute approximate surface area is 117 Å². The third kappa shape index (κ3) is 2.64. The predicted octanol–water partition coefficient (Wildman–Crippen LogP) is 1.18. The van der Waals surface area contributed by atoms with E-state index in [0.717, 1.165) is 11.4 Å². The molecule has 2 heterocycles.